The second-order valence-electron chi connectivity index (χ2n) is 12.6. The van der Waals surface area contributed by atoms with E-state index in [-0.39, 0.29) is 23.8 Å². The number of aliphatic imine (C=N–C) groups is 1. The normalized spacial score (nSPS) is 13.0. The van der Waals surface area contributed by atoms with Crippen LogP contribution in [0.3, 0.4) is 0 Å². The lowest BCUT2D eigenvalue weighted by molar-refractivity contribution is -0.110. The number of benzene rings is 2. The van der Waals surface area contributed by atoms with Crippen LogP contribution in [0, 0.1) is 0 Å². The van der Waals surface area contributed by atoms with Crippen molar-refractivity contribution < 1.29 is 52.7 Å². The first kappa shape index (κ1) is 55.5. The molecule has 0 unspecified atom stereocenters. The number of aromatic carboxylic acids is 1. The van der Waals surface area contributed by atoms with Gasteiger partial charge in [0.25, 0.3) is 10.9 Å². The van der Waals surface area contributed by atoms with Crippen LogP contribution in [0.1, 0.15) is 115 Å². The van der Waals surface area contributed by atoms with E-state index in [0.29, 0.717) is 42.7 Å². The number of carbonyl (C=O) groups is 2. The quantitative estimate of drug-likeness (QED) is 0.0778. The number of aliphatic hydroxyl groups excluding tert-OH is 1. The number of ketones is 1. The average Bonchev–Trinajstić information content (AvgIpc) is 3.74. The van der Waals surface area contributed by atoms with E-state index in [0.717, 1.165) is 31.9 Å². The van der Waals surface area contributed by atoms with Crippen molar-refractivity contribution in [1.82, 2.24) is 19.6 Å². The van der Waals surface area contributed by atoms with E-state index in [2.05, 4.69) is 33.9 Å². The van der Waals surface area contributed by atoms with Gasteiger partial charge in [-0.2, -0.15) is 23.4 Å². The van der Waals surface area contributed by atoms with Gasteiger partial charge in [0.1, 0.15) is 19.0 Å². The summed E-state index contributed by atoms with van der Waals surface area (Å²) in [5.41, 5.74) is -0.543. The van der Waals surface area contributed by atoms with Crippen LogP contribution in [0.15, 0.2) is 87.8 Å². The first-order chi connectivity index (χ1) is 29.3. The third-order valence-corrected chi connectivity index (χ3v) is 8.34. The Morgan fingerprint density at radius 1 is 0.823 bits per heavy atom. The molecule has 0 bridgehead atoms. The zero-order valence-electron chi connectivity index (χ0n) is 37.0. The number of alkyl halides is 3. The Morgan fingerprint density at radius 2 is 1.32 bits per heavy atom. The molecule has 4 N–H and O–H groups in total. The number of fused-ring (bicyclic) bond motifs is 1. The highest BCUT2D eigenvalue weighted by atomic mass is 19.4. The highest BCUT2D eigenvalue weighted by Gasteiger charge is 2.36. The third kappa shape index (κ3) is 17.6. The average molecular weight is 876 g/mol. The van der Waals surface area contributed by atoms with Gasteiger partial charge < -0.3 is 29.9 Å². The van der Waals surface area contributed by atoms with Gasteiger partial charge in [0.05, 0.1) is 30.3 Å². The fourth-order valence-corrected chi connectivity index (χ4v) is 5.58. The second kappa shape index (κ2) is 27.4. The van der Waals surface area contributed by atoms with Crippen LogP contribution >= 0.6 is 0 Å². The molecule has 6 rings (SSSR count). The van der Waals surface area contributed by atoms with Crippen LogP contribution in [-0.4, -0.2) is 83.9 Å². The predicted molar refractivity (Wildman–Crippen MR) is 233 cm³/mol. The zero-order chi connectivity index (χ0) is 47.8. The van der Waals surface area contributed by atoms with E-state index < -0.39 is 46.0 Å². The molecule has 1 aliphatic heterocycles. The summed E-state index contributed by atoms with van der Waals surface area (Å²) in [4.78, 5) is 49.5. The van der Waals surface area contributed by atoms with Crippen LogP contribution in [0.2, 0.25) is 0 Å². The first-order valence-electron chi connectivity index (χ1n) is 20.0. The summed E-state index contributed by atoms with van der Waals surface area (Å²) in [6, 6.07) is 15.1. The van der Waals surface area contributed by atoms with Crippen LogP contribution in [0.5, 0.6) is 23.0 Å². The van der Waals surface area contributed by atoms with Gasteiger partial charge in [-0.3, -0.25) is 24.1 Å². The maximum absolute atomic E-state index is 11.6. The molecule has 342 valence electrons. The Kier molecular flexibility index (Phi) is 24.5. The number of aromatic nitrogens is 4. The summed E-state index contributed by atoms with van der Waals surface area (Å²) < 4.78 is 44.6. The molecule has 18 heteroatoms. The number of hydrogen-bond acceptors (Lipinski definition) is 12. The van der Waals surface area contributed by atoms with Crippen molar-refractivity contribution in [3.63, 3.8) is 0 Å². The van der Waals surface area contributed by atoms with Crippen LogP contribution < -0.4 is 20.3 Å². The molecule has 0 amide bonds. The molecule has 1 saturated carbocycles. The number of ether oxygens (including phenoxy) is 2. The second-order valence-corrected chi connectivity index (χ2v) is 12.6. The van der Waals surface area contributed by atoms with E-state index in [4.69, 9.17) is 19.7 Å². The number of carboxylic acids is 1. The Morgan fingerprint density at radius 3 is 1.79 bits per heavy atom. The van der Waals surface area contributed by atoms with Crippen LogP contribution in [0.4, 0.5) is 13.2 Å². The van der Waals surface area contributed by atoms with Gasteiger partial charge in [-0.05, 0) is 37.5 Å². The molecule has 0 spiro atoms. The van der Waals surface area contributed by atoms with Gasteiger partial charge >= 0.3 is 12.1 Å². The summed E-state index contributed by atoms with van der Waals surface area (Å²) in [5, 5.41) is 44.8. The van der Waals surface area contributed by atoms with E-state index >= 15 is 0 Å². The van der Waals surface area contributed by atoms with Gasteiger partial charge in [0.15, 0.2) is 34.5 Å². The minimum Gasteiger partial charge on any atom is -0.507 e. The van der Waals surface area contributed by atoms with Gasteiger partial charge in [0, 0.05) is 32.4 Å². The number of aliphatic hydroxyl groups is 1. The van der Waals surface area contributed by atoms with Crippen molar-refractivity contribution in [2.45, 2.75) is 106 Å². The lowest BCUT2D eigenvalue weighted by Crippen LogP contribution is -2.31. The summed E-state index contributed by atoms with van der Waals surface area (Å²) >= 11 is 0. The van der Waals surface area contributed by atoms with Gasteiger partial charge in [-0.15, -0.1) is 0 Å². The molecule has 2 aromatic heterocycles. The number of carbonyl (C=O) groups excluding carboxylic acids is 1. The topological polar surface area (TPSA) is 216 Å². The maximum Gasteiger partial charge on any atom is 0.386 e. The highest BCUT2D eigenvalue weighted by molar-refractivity contribution is 5.95. The molecular formula is C44H60F3N5O10. The maximum atomic E-state index is 11.6. The smallest absolute Gasteiger partial charge is 0.386 e. The third-order valence-electron chi connectivity index (χ3n) is 8.34. The van der Waals surface area contributed by atoms with Gasteiger partial charge in [-0.1, -0.05) is 91.3 Å². The molecular weight excluding hydrogens is 816 g/mol. The SMILES string of the molecule is C=C(O)C(C)=NC.CC.CC.CC.CC(=O)c1nn(-c2ccc3c(c2)OCCO3)cc(O)c1=O.CC(F)(F)F.O=C(O)c1nn(CC2(c3ccccc3)CCCC2)cc(O)c1=O. The molecule has 0 atom stereocenters. The molecule has 1 aliphatic carbocycles. The predicted octanol–water partition coefficient (Wildman–Crippen LogP) is 8.87. The Balaban J connectivity index is 0.000000873. The lowest BCUT2D eigenvalue weighted by atomic mass is 9.79. The molecule has 15 nitrogen and oxygen atoms in total. The van der Waals surface area contributed by atoms with E-state index in [1.807, 2.05) is 59.7 Å². The van der Waals surface area contributed by atoms with Crippen molar-refractivity contribution in [2.24, 2.45) is 4.99 Å². The van der Waals surface area contributed by atoms with E-state index in [9.17, 15) is 42.6 Å². The molecule has 2 aromatic carbocycles. The fourth-order valence-electron chi connectivity index (χ4n) is 5.58. The largest absolute Gasteiger partial charge is 0.507 e. The van der Waals surface area contributed by atoms with Crippen molar-refractivity contribution in [3.8, 4) is 28.7 Å². The molecule has 0 radical (unpaired) electrons. The molecule has 0 saturated heterocycles. The fraction of sp³-hybridized carbons (Fsp3) is 0.432. The molecule has 3 heterocycles. The van der Waals surface area contributed by atoms with Crippen LogP contribution in [-0.2, 0) is 12.0 Å². The standard InChI is InChI=1S/C17H18N2O4.C14H12N2O5.C5H9NO.C2H3F3.3C2H6/c20-13-10-19(18-14(15(13)21)16(22)23)11-17(8-4-5-9-17)12-6-2-1-3-7-12;1-8(17)13-14(19)10(18)7-16(15-13)9-2-3-11-12(6-9)21-5-4-20-11;1-4(6-3)5(2)7;1-2(3,4)5;3*1-2/h1-3,6-7,10,20H,4-5,8-9,11H2,(H,22,23);2-3,6-7,18H,4-5H2,1H3;7H,2H2,1,3H3;1H3;3*1-2H3. The molecule has 2 aliphatic rings. The zero-order valence-corrected chi connectivity index (χ0v) is 37.0. The Hall–Kier alpha value is -6.46. The van der Waals surface area contributed by atoms with Crippen LogP contribution in [0.25, 0.3) is 5.69 Å². The minimum atomic E-state index is -4.00. The number of hydrogen-bond donors (Lipinski definition) is 4. The van der Waals surface area contributed by atoms with Crippen molar-refractivity contribution in [3.05, 3.63) is 111 Å². The van der Waals surface area contributed by atoms with Gasteiger partial charge in [0.2, 0.25) is 5.69 Å². The number of carboxylic acid groups (broad SMARTS) is 1. The van der Waals surface area contributed by atoms with Crippen molar-refractivity contribution in [2.75, 3.05) is 20.3 Å². The summed E-state index contributed by atoms with van der Waals surface area (Å²) in [7, 11) is 1.61. The van der Waals surface area contributed by atoms with Gasteiger partial charge in [-0.25, -0.2) is 9.48 Å². The van der Waals surface area contributed by atoms with Crippen molar-refractivity contribution >= 4 is 17.5 Å². The monoisotopic (exact) mass is 875 g/mol. The number of Topliss-reactive ketones (excluding diaryl/α,β-unsaturated/α-hetero) is 1. The van der Waals surface area contributed by atoms with E-state index in [1.165, 1.54) is 28.0 Å². The highest BCUT2D eigenvalue weighted by Crippen LogP contribution is 2.42. The molecule has 1 fully saturated rings. The Labute approximate surface area is 359 Å². The Bertz CT molecular complexity index is 2170. The lowest BCUT2D eigenvalue weighted by Gasteiger charge is -2.30. The summed E-state index contributed by atoms with van der Waals surface area (Å²) in [5.74, 6) is -1.86. The number of rotatable bonds is 7. The minimum absolute atomic E-state index is 0.0440. The molecule has 62 heavy (non-hydrogen) atoms. The number of allylic oxidation sites excluding steroid dienone is 1. The summed E-state index contributed by atoms with van der Waals surface area (Å²) in [6.07, 6.45) is 2.49. The number of halogens is 3. The number of nitrogens with zero attached hydrogens (tertiary/aromatic N) is 5. The molecule has 4 aromatic rings. The van der Waals surface area contributed by atoms with E-state index in [1.54, 1.807) is 32.2 Å². The van der Waals surface area contributed by atoms with Crippen molar-refractivity contribution in [1.29, 1.82) is 0 Å². The number of aromatic hydroxyl groups is 2. The summed E-state index contributed by atoms with van der Waals surface area (Å²) in [6.45, 7) is 19.7. The first-order valence-corrected chi connectivity index (χ1v) is 20.0.